The molecule has 0 atom stereocenters. The fourth-order valence-corrected chi connectivity index (χ4v) is 1.81. The van der Waals surface area contributed by atoms with E-state index in [4.69, 9.17) is 10.5 Å². The standard InChI is InChI=1S/C12H15FN2O2/c13-10-3-2-9(8-11(10)14)4-6-15-5-1-7-17-12(15)16/h2-3,8H,1,4-7,14H2. The van der Waals surface area contributed by atoms with Crippen molar-refractivity contribution in [2.75, 3.05) is 25.4 Å². The number of halogens is 1. The highest BCUT2D eigenvalue weighted by molar-refractivity contribution is 5.68. The zero-order valence-electron chi connectivity index (χ0n) is 9.49. The molecule has 0 aromatic heterocycles. The molecule has 1 aromatic carbocycles. The van der Waals surface area contributed by atoms with Gasteiger partial charge in [-0.3, -0.25) is 0 Å². The van der Waals surface area contributed by atoms with Crippen LogP contribution in [0.5, 0.6) is 0 Å². The first kappa shape index (κ1) is 11.7. The maximum atomic E-state index is 12.9. The fourth-order valence-electron chi connectivity index (χ4n) is 1.81. The molecule has 0 aliphatic carbocycles. The number of ether oxygens (including phenoxy) is 1. The number of nitrogens with two attached hydrogens (primary N) is 1. The van der Waals surface area contributed by atoms with Gasteiger partial charge in [0.25, 0.3) is 0 Å². The molecule has 1 fully saturated rings. The lowest BCUT2D eigenvalue weighted by atomic mass is 10.1. The van der Waals surface area contributed by atoms with Crippen molar-refractivity contribution in [2.45, 2.75) is 12.8 Å². The zero-order valence-corrected chi connectivity index (χ0v) is 9.49. The van der Waals surface area contributed by atoms with E-state index in [0.29, 0.717) is 19.6 Å². The van der Waals surface area contributed by atoms with E-state index in [2.05, 4.69) is 0 Å². The minimum atomic E-state index is -0.411. The predicted molar refractivity (Wildman–Crippen MR) is 62.1 cm³/mol. The van der Waals surface area contributed by atoms with E-state index in [0.717, 1.165) is 18.5 Å². The molecule has 1 aromatic rings. The highest BCUT2D eigenvalue weighted by Crippen LogP contribution is 2.14. The number of carbonyl (C=O) groups excluding carboxylic acids is 1. The molecule has 1 saturated heterocycles. The Hall–Kier alpha value is -1.78. The molecule has 2 rings (SSSR count). The minimum Gasteiger partial charge on any atom is -0.449 e. The second-order valence-electron chi connectivity index (χ2n) is 4.06. The SMILES string of the molecule is Nc1cc(CCN2CCCOC2=O)ccc1F. The molecule has 1 amide bonds. The van der Waals surface area contributed by atoms with E-state index in [9.17, 15) is 9.18 Å². The fraction of sp³-hybridized carbons (Fsp3) is 0.417. The summed E-state index contributed by atoms with van der Waals surface area (Å²) < 4.78 is 17.9. The van der Waals surface area contributed by atoms with E-state index < -0.39 is 5.82 Å². The third-order valence-corrected chi connectivity index (χ3v) is 2.79. The van der Waals surface area contributed by atoms with Crippen LogP contribution in [-0.4, -0.2) is 30.7 Å². The van der Waals surface area contributed by atoms with Crippen molar-refractivity contribution < 1.29 is 13.9 Å². The molecule has 17 heavy (non-hydrogen) atoms. The molecule has 0 spiro atoms. The summed E-state index contributed by atoms with van der Waals surface area (Å²) in [5.41, 5.74) is 6.54. The van der Waals surface area contributed by atoms with E-state index in [1.54, 1.807) is 17.0 Å². The lowest BCUT2D eigenvalue weighted by molar-refractivity contribution is 0.0735. The number of nitrogen functional groups attached to an aromatic ring is 1. The number of benzene rings is 1. The van der Waals surface area contributed by atoms with Crippen molar-refractivity contribution in [3.63, 3.8) is 0 Å². The second-order valence-corrected chi connectivity index (χ2v) is 4.06. The topological polar surface area (TPSA) is 55.6 Å². The molecule has 1 heterocycles. The molecule has 2 N–H and O–H groups in total. The average molecular weight is 238 g/mol. The maximum absolute atomic E-state index is 12.9. The first-order valence-corrected chi connectivity index (χ1v) is 5.62. The first-order valence-electron chi connectivity index (χ1n) is 5.62. The van der Waals surface area contributed by atoms with Crippen molar-refractivity contribution in [3.8, 4) is 0 Å². The lowest BCUT2D eigenvalue weighted by Gasteiger charge is -2.26. The van der Waals surface area contributed by atoms with Gasteiger partial charge in [-0.15, -0.1) is 0 Å². The van der Waals surface area contributed by atoms with Crippen molar-refractivity contribution in [2.24, 2.45) is 0 Å². The van der Waals surface area contributed by atoms with Crippen LogP contribution >= 0.6 is 0 Å². The summed E-state index contributed by atoms with van der Waals surface area (Å²) in [5.74, 6) is -0.411. The van der Waals surface area contributed by atoms with Crippen molar-refractivity contribution in [1.29, 1.82) is 0 Å². The molecular formula is C12H15FN2O2. The average Bonchev–Trinajstić information content (AvgIpc) is 2.32. The van der Waals surface area contributed by atoms with Crippen LogP contribution in [0.2, 0.25) is 0 Å². The second kappa shape index (κ2) is 5.03. The van der Waals surface area contributed by atoms with Gasteiger partial charge in [-0.1, -0.05) is 6.07 Å². The highest BCUT2D eigenvalue weighted by atomic mass is 19.1. The third kappa shape index (κ3) is 2.87. The van der Waals surface area contributed by atoms with Crippen molar-refractivity contribution in [1.82, 2.24) is 4.90 Å². The molecule has 0 bridgehead atoms. The van der Waals surface area contributed by atoms with Gasteiger partial charge in [0, 0.05) is 13.1 Å². The molecule has 1 aliphatic rings. The van der Waals surface area contributed by atoms with Crippen LogP contribution in [0.15, 0.2) is 18.2 Å². The van der Waals surface area contributed by atoms with E-state index >= 15 is 0 Å². The number of nitrogens with zero attached hydrogens (tertiary/aromatic N) is 1. The van der Waals surface area contributed by atoms with E-state index in [1.165, 1.54) is 6.07 Å². The smallest absolute Gasteiger partial charge is 0.409 e. The van der Waals surface area contributed by atoms with Crippen molar-refractivity contribution >= 4 is 11.8 Å². The van der Waals surface area contributed by atoms with Gasteiger partial charge in [-0.2, -0.15) is 0 Å². The summed E-state index contributed by atoms with van der Waals surface area (Å²) >= 11 is 0. The zero-order chi connectivity index (χ0) is 12.3. The van der Waals surface area contributed by atoms with Gasteiger partial charge < -0.3 is 15.4 Å². The summed E-state index contributed by atoms with van der Waals surface area (Å²) in [7, 11) is 0. The summed E-state index contributed by atoms with van der Waals surface area (Å²) in [6.45, 7) is 1.79. The summed E-state index contributed by atoms with van der Waals surface area (Å²) in [5, 5.41) is 0. The number of anilines is 1. The number of carbonyl (C=O) groups is 1. The van der Waals surface area contributed by atoms with Crippen LogP contribution in [-0.2, 0) is 11.2 Å². The summed E-state index contributed by atoms with van der Waals surface area (Å²) in [6.07, 6.45) is 1.24. The Bertz CT molecular complexity index is 423. The Morgan fingerprint density at radius 2 is 2.29 bits per heavy atom. The van der Waals surface area contributed by atoms with Crippen LogP contribution in [0.3, 0.4) is 0 Å². The van der Waals surface area contributed by atoms with Crippen LogP contribution in [0.1, 0.15) is 12.0 Å². The number of hydrogen-bond acceptors (Lipinski definition) is 3. The van der Waals surface area contributed by atoms with E-state index in [-0.39, 0.29) is 11.8 Å². The molecule has 92 valence electrons. The van der Waals surface area contributed by atoms with Gasteiger partial charge >= 0.3 is 6.09 Å². The van der Waals surface area contributed by atoms with Gasteiger partial charge in [0.2, 0.25) is 0 Å². The largest absolute Gasteiger partial charge is 0.449 e. The molecule has 1 aliphatic heterocycles. The summed E-state index contributed by atoms with van der Waals surface area (Å²) in [4.78, 5) is 13.0. The minimum absolute atomic E-state index is 0.142. The molecule has 0 unspecified atom stereocenters. The first-order chi connectivity index (χ1) is 8.16. The van der Waals surface area contributed by atoms with Crippen LogP contribution in [0.4, 0.5) is 14.9 Å². The number of rotatable bonds is 3. The molecular weight excluding hydrogens is 223 g/mol. The number of cyclic esters (lactones) is 1. The molecule has 0 radical (unpaired) electrons. The number of amides is 1. The predicted octanol–water partition coefficient (Wildman–Crippen LogP) is 1.79. The van der Waals surface area contributed by atoms with E-state index in [1.807, 2.05) is 0 Å². The molecule has 0 saturated carbocycles. The van der Waals surface area contributed by atoms with Crippen LogP contribution in [0, 0.1) is 5.82 Å². The quantitative estimate of drug-likeness (QED) is 0.817. The Labute approximate surface area is 99.2 Å². The lowest BCUT2D eigenvalue weighted by Crippen LogP contribution is -2.38. The monoisotopic (exact) mass is 238 g/mol. The Morgan fingerprint density at radius 1 is 1.47 bits per heavy atom. The van der Waals surface area contributed by atoms with Gasteiger partial charge in [0.1, 0.15) is 5.82 Å². The van der Waals surface area contributed by atoms with Gasteiger partial charge in [-0.25, -0.2) is 9.18 Å². The molecule has 5 heteroatoms. The summed E-state index contributed by atoms with van der Waals surface area (Å²) in [6, 6.07) is 4.63. The number of hydrogen-bond donors (Lipinski definition) is 1. The Morgan fingerprint density at radius 3 is 3.00 bits per heavy atom. The van der Waals surface area contributed by atoms with Gasteiger partial charge in [0.15, 0.2) is 0 Å². The highest BCUT2D eigenvalue weighted by Gasteiger charge is 2.18. The Kier molecular flexibility index (Phi) is 3.46. The van der Waals surface area contributed by atoms with Gasteiger partial charge in [0.05, 0.1) is 12.3 Å². The maximum Gasteiger partial charge on any atom is 0.409 e. The third-order valence-electron chi connectivity index (χ3n) is 2.79. The normalized spacial score (nSPS) is 15.8. The molecule has 4 nitrogen and oxygen atoms in total. The van der Waals surface area contributed by atoms with Crippen molar-refractivity contribution in [3.05, 3.63) is 29.6 Å². The van der Waals surface area contributed by atoms with Crippen LogP contribution < -0.4 is 5.73 Å². The Balaban J connectivity index is 1.92. The van der Waals surface area contributed by atoms with Crippen LogP contribution in [0.25, 0.3) is 0 Å². The van der Waals surface area contributed by atoms with Gasteiger partial charge in [-0.05, 0) is 30.5 Å².